The quantitative estimate of drug-likeness (QED) is 0.0346. The van der Waals surface area contributed by atoms with Crippen molar-refractivity contribution in [3.8, 4) is 0 Å². The molecule has 0 fully saturated rings. The SMILES string of the molecule is CCC(C)CCCCCCCCCCC(=O)OC[C@H](COC(=O)CCCCCCCCCCCCCCCCCC(C)C)OC(=O)CCCCCCCCCC(C)C. The van der Waals surface area contributed by atoms with Crippen LogP contribution in [-0.2, 0) is 28.6 Å². The van der Waals surface area contributed by atoms with Crippen LogP contribution in [-0.4, -0.2) is 37.2 Å². The fourth-order valence-corrected chi connectivity index (χ4v) is 7.73. The summed E-state index contributed by atoms with van der Waals surface area (Å²) in [7, 11) is 0. The third-order valence-electron chi connectivity index (χ3n) is 12.0. The summed E-state index contributed by atoms with van der Waals surface area (Å²) in [5, 5.41) is 0. The van der Waals surface area contributed by atoms with E-state index in [0.29, 0.717) is 19.3 Å². The average Bonchev–Trinajstić information content (AvgIpc) is 3.19. The van der Waals surface area contributed by atoms with Gasteiger partial charge in [-0.25, -0.2) is 0 Å². The highest BCUT2D eigenvalue weighted by Crippen LogP contribution is 2.18. The summed E-state index contributed by atoms with van der Waals surface area (Å²) in [6, 6.07) is 0. The third kappa shape index (κ3) is 44.0. The molecule has 0 spiro atoms. The van der Waals surface area contributed by atoms with E-state index in [1.807, 2.05) is 0 Å². The van der Waals surface area contributed by atoms with Crippen LogP contribution >= 0.6 is 0 Å². The lowest BCUT2D eigenvalue weighted by Gasteiger charge is -2.18. The molecule has 0 radical (unpaired) electrons. The highest BCUT2D eigenvalue weighted by atomic mass is 16.6. The van der Waals surface area contributed by atoms with E-state index in [1.54, 1.807) is 0 Å². The molecule has 0 heterocycles. The Morgan fingerprint density at radius 3 is 0.897 bits per heavy atom. The summed E-state index contributed by atoms with van der Waals surface area (Å²) >= 11 is 0. The lowest BCUT2D eigenvalue weighted by atomic mass is 9.99. The molecule has 0 saturated carbocycles. The molecule has 2 atom stereocenters. The number of carbonyl (C=O) groups is 3. The van der Waals surface area contributed by atoms with Gasteiger partial charge in [-0.1, -0.05) is 241 Å². The van der Waals surface area contributed by atoms with Crippen LogP contribution in [0.1, 0.15) is 279 Å². The second-order valence-corrected chi connectivity index (χ2v) is 19.0. The monoisotopic (exact) mass is 821 g/mol. The molecule has 0 rings (SSSR count). The van der Waals surface area contributed by atoms with Gasteiger partial charge < -0.3 is 14.2 Å². The van der Waals surface area contributed by atoms with Gasteiger partial charge in [0.05, 0.1) is 0 Å². The van der Waals surface area contributed by atoms with Crippen LogP contribution < -0.4 is 0 Å². The summed E-state index contributed by atoms with van der Waals surface area (Å²) in [4.78, 5) is 37.9. The van der Waals surface area contributed by atoms with Gasteiger partial charge in [0.25, 0.3) is 0 Å². The molecule has 58 heavy (non-hydrogen) atoms. The Labute approximate surface area is 361 Å². The zero-order valence-electron chi connectivity index (χ0n) is 39.8. The number of carbonyl (C=O) groups excluding carboxylic acids is 3. The Morgan fingerprint density at radius 2 is 0.603 bits per heavy atom. The zero-order chi connectivity index (χ0) is 42.7. The smallest absolute Gasteiger partial charge is 0.306 e. The number of unbranched alkanes of at least 4 members (excludes halogenated alkanes) is 27. The number of esters is 3. The van der Waals surface area contributed by atoms with E-state index in [9.17, 15) is 14.4 Å². The maximum atomic E-state index is 12.7. The zero-order valence-corrected chi connectivity index (χ0v) is 39.8. The van der Waals surface area contributed by atoms with Gasteiger partial charge in [0, 0.05) is 19.3 Å². The number of ether oxygens (including phenoxy) is 3. The van der Waals surface area contributed by atoms with Crippen molar-refractivity contribution in [1.29, 1.82) is 0 Å². The Morgan fingerprint density at radius 1 is 0.345 bits per heavy atom. The van der Waals surface area contributed by atoms with Crippen molar-refractivity contribution in [3.05, 3.63) is 0 Å². The highest BCUT2D eigenvalue weighted by molar-refractivity contribution is 5.71. The van der Waals surface area contributed by atoms with Gasteiger partial charge >= 0.3 is 17.9 Å². The van der Waals surface area contributed by atoms with Crippen LogP contribution in [0, 0.1) is 17.8 Å². The van der Waals surface area contributed by atoms with Crippen LogP contribution in [0.3, 0.4) is 0 Å². The Bertz CT molecular complexity index is 900. The van der Waals surface area contributed by atoms with Crippen molar-refractivity contribution in [2.24, 2.45) is 17.8 Å². The van der Waals surface area contributed by atoms with E-state index in [0.717, 1.165) is 75.5 Å². The Hall–Kier alpha value is -1.59. The van der Waals surface area contributed by atoms with Crippen molar-refractivity contribution in [3.63, 3.8) is 0 Å². The van der Waals surface area contributed by atoms with E-state index in [2.05, 4.69) is 41.5 Å². The van der Waals surface area contributed by atoms with Crippen molar-refractivity contribution in [2.45, 2.75) is 285 Å². The molecule has 0 aromatic rings. The molecular formula is C52H100O6. The third-order valence-corrected chi connectivity index (χ3v) is 12.0. The fourth-order valence-electron chi connectivity index (χ4n) is 7.73. The molecule has 0 N–H and O–H groups in total. The summed E-state index contributed by atoms with van der Waals surface area (Å²) < 4.78 is 16.8. The summed E-state index contributed by atoms with van der Waals surface area (Å²) in [6.45, 7) is 13.7. The van der Waals surface area contributed by atoms with Crippen LogP contribution in [0.5, 0.6) is 0 Å². The molecule has 0 aliphatic heterocycles. The summed E-state index contributed by atoms with van der Waals surface area (Å²) in [5.41, 5.74) is 0. The van der Waals surface area contributed by atoms with Gasteiger partial charge in [0.2, 0.25) is 0 Å². The van der Waals surface area contributed by atoms with Crippen molar-refractivity contribution < 1.29 is 28.6 Å². The van der Waals surface area contributed by atoms with Gasteiger partial charge in [-0.3, -0.25) is 14.4 Å². The van der Waals surface area contributed by atoms with Crippen molar-refractivity contribution >= 4 is 17.9 Å². The molecule has 344 valence electrons. The predicted molar refractivity (Wildman–Crippen MR) is 247 cm³/mol. The molecule has 0 aromatic heterocycles. The minimum absolute atomic E-state index is 0.0656. The van der Waals surface area contributed by atoms with Crippen molar-refractivity contribution in [2.75, 3.05) is 13.2 Å². The molecule has 0 bridgehead atoms. The first-order valence-corrected chi connectivity index (χ1v) is 25.6. The van der Waals surface area contributed by atoms with E-state index < -0.39 is 6.10 Å². The Balaban J connectivity index is 4.26. The molecule has 6 heteroatoms. The first-order valence-electron chi connectivity index (χ1n) is 25.6. The summed E-state index contributed by atoms with van der Waals surface area (Å²) in [5.74, 6) is 1.62. The maximum Gasteiger partial charge on any atom is 0.306 e. The van der Waals surface area contributed by atoms with Crippen LogP contribution in [0.4, 0.5) is 0 Å². The van der Waals surface area contributed by atoms with E-state index in [1.165, 1.54) is 161 Å². The standard InChI is InChI=1S/C52H100O6/c1-7-48(6)40-34-28-22-17-18-24-30-36-42-51(54)57-45-49(58-52(55)43-37-31-25-19-21-27-33-39-47(4)5)44-56-50(53)41-35-29-23-16-14-12-10-8-9-11-13-15-20-26-32-38-46(2)3/h46-49H,7-45H2,1-6H3/t48?,49-/m0/s1. The number of rotatable bonds is 45. The van der Waals surface area contributed by atoms with E-state index in [4.69, 9.17) is 14.2 Å². The van der Waals surface area contributed by atoms with Crippen molar-refractivity contribution in [1.82, 2.24) is 0 Å². The Kier molecular flexibility index (Phi) is 42.3. The van der Waals surface area contributed by atoms with Gasteiger partial charge in [0.15, 0.2) is 6.10 Å². The number of hydrogen-bond acceptors (Lipinski definition) is 6. The topological polar surface area (TPSA) is 78.9 Å². The number of hydrogen-bond donors (Lipinski definition) is 0. The molecule has 0 saturated heterocycles. The summed E-state index contributed by atoms with van der Waals surface area (Å²) in [6.07, 6.45) is 42.4. The fraction of sp³-hybridized carbons (Fsp3) is 0.942. The van der Waals surface area contributed by atoms with E-state index >= 15 is 0 Å². The first-order chi connectivity index (χ1) is 28.1. The van der Waals surface area contributed by atoms with Gasteiger partial charge in [-0.2, -0.15) is 0 Å². The highest BCUT2D eigenvalue weighted by Gasteiger charge is 2.19. The molecular weight excluding hydrogens is 721 g/mol. The van der Waals surface area contributed by atoms with E-state index in [-0.39, 0.29) is 31.1 Å². The first kappa shape index (κ1) is 56.4. The molecule has 0 aliphatic rings. The predicted octanol–water partition coefficient (Wildman–Crippen LogP) is 16.4. The van der Waals surface area contributed by atoms with Gasteiger partial charge in [-0.15, -0.1) is 0 Å². The lowest BCUT2D eigenvalue weighted by molar-refractivity contribution is -0.167. The lowest BCUT2D eigenvalue weighted by Crippen LogP contribution is -2.30. The molecule has 0 aliphatic carbocycles. The molecule has 6 nitrogen and oxygen atoms in total. The van der Waals surface area contributed by atoms with Crippen LogP contribution in [0.15, 0.2) is 0 Å². The minimum Gasteiger partial charge on any atom is -0.462 e. The molecule has 1 unspecified atom stereocenters. The molecule has 0 aromatic carbocycles. The largest absolute Gasteiger partial charge is 0.462 e. The van der Waals surface area contributed by atoms with Crippen LogP contribution in [0.2, 0.25) is 0 Å². The maximum absolute atomic E-state index is 12.7. The van der Waals surface area contributed by atoms with Gasteiger partial charge in [-0.05, 0) is 37.0 Å². The molecule has 0 amide bonds. The minimum atomic E-state index is -0.763. The second-order valence-electron chi connectivity index (χ2n) is 19.0. The average molecular weight is 821 g/mol. The van der Waals surface area contributed by atoms with Crippen LogP contribution in [0.25, 0.3) is 0 Å². The second kappa shape index (κ2) is 43.5. The van der Waals surface area contributed by atoms with Gasteiger partial charge in [0.1, 0.15) is 13.2 Å². The normalized spacial score (nSPS) is 12.6.